The van der Waals surface area contributed by atoms with Crippen LogP contribution in [0.5, 0.6) is 0 Å². The summed E-state index contributed by atoms with van der Waals surface area (Å²) in [5, 5.41) is 0. The van der Waals surface area contributed by atoms with Crippen molar-refractivity contribution in [2.45, 2.75) is 46.5 Å². The van der Waals surface area contributed by atoms with Gasteiger partial charge in [-0.15, -0.1) is 0 Å². The highest BCUT2D eigenvalue weighted by atomic mass is 16.5. The van der Waals surface area contributed by atoms with E-state index in [1.807, 2.05) is 0 Å². The average molecular weight is 248 g/mol. The van der Waals surface area contributed by atoms with Gasteiger partial charge in [-0.2, -0.15) is 0 Å². The van der Waals surface area contributed by atoms with Gasteiger partial charge in [-0.1, -0.05) is 25.0 Å². The fourth-order valence-corrected chi connectivity index (χ4v) is 5.45. The molecule has 3 aliphatic carbocycles. The molecule has 0 aromatic carbocycles. The van der Waals surface area contributed by atoms with Crippen LogP contribution in [0.25, 0.3) is 0 Å². The van der Waals surface area contributed by atoms with E-state index in [-0.39, 0.29) is 11.4 Å². The monoisotopic (exact) mass is 248 g/mol. The molecule has 0 spiro atoms. The first-order valence-electron chi connectivity index (χ1n) is 7.20. The normalized spacial score (nSPS) is 49.8. The highest BCUT2D eigenvalue weighted by molar-refractivity contribution is 5.77. The van der Waals surface area contributed by atoms with Gasteiger partial charge in [-0.05, 0) is 56.3 Å². The van der Waals surface area contributed by atoms with E-state index in [1.54, 1.807) is 0 Å². The lowest BCUT2D eigenvalue weighted by Gasteiger charge is -2.65. The molecule has 2 saturated carbocycles. The molecule has 5 atom stereocenters. The van der Waals surface area contributed by atoms with Crippen LogP contribution in [0, 0.1) is 28.6 Å². The van der Waals surface area contributed by atoms with E-state index in [0.29, 0.717) is 23.2 Å². The minimum atomic E-state index is -0.254. The zero-order valence-corrected chi connectivity index (χ0v) is 12.0. The van der Waals surface area contributed by atoms with Gasteiger partial charge >= 0.3 is 5.97 Å². The Bertz CT molecular complexity index is 425. The second-order valence-electron chi connectivity index (χ2n) is 7.06. The molecular formula is C16H24O2. The van der Waals surface area contributed by atoms with Gasteiger partial charge < -0.3 is 4.74 Å². The summed E-state index contributed by atoms with van der Waals surface area (Å²) in [6.07, 6.45) is 7.00. The average Bonchev–Trinajstić information content (AvgIpc) is 2.54. The summed E-state index contributed by atoms with van der Waals surface area (Å²) >= 11 is 0. The third-order valence-electron chi connectivity index (χ3n) is 6.33. The smallest absolute Gasteiger partial charge is 0.311 e. The third-order valence-corrected chi connectivity index (χ3v) is 6.33. The lowest BCUT2D eigenvalue weighted by atomic mass is 9.38. The van der Waals surface area contributed by atoms with Gasteiger partial charge in [0, 0.05) is 0 Å². The number of carbonyl (C=O) groups is 1. The SMILES string of the molecule is COC(=O)[C@]1(C)CCC[C@@]2(C)[C@@H]3CC=C(C)[C@H]2[C@@H]31. The maximum Gasteiger partial charge on any atom is 0.311 e. The van der Waals surface area contributed by atoms with Crippen LogP contribution in [0.4, 0.5) is 0 Å². The van der Waals surface area contributed by atoms with Gasteiger partial charge in [0.25, 0.3) is 0 Å². The zero-order valence-electron chi connectivity index (χ0n) is 12.0. The van der Waals surface area contributed by atoms with E-state index < -0.39 is 0 Å². The molecule has 0 aromatic rings. The molecular weight excluding hydrogens is 224 g/mol. The molecule has 0 N–H and O–H groups in total. The summed E-state index contributed by atoms with van der Waals surface area (Å²) < 4.78 is 5.12. The number of ether oxygens (including phenoxy) is 1. The predicted octanol–water partition coefficient (Wildman–Crippen LogP) is 3.57. The lowest BCUT2D eigenvalue weighted by molar-refractivity contribution is -0.181. The molecule has 0 aromatic heterocycles. The van der Waals surface area contributed by atoms with Crippen LogP contribution in [-0.4, -0.2) is 13.1 Å². The Balaban J connectivity index is 2.04. The van der Waals surface area contributed by atoms with Crippen LogP contribution >= 0.6 is 0 Å². The maximum atomic E-state index is 12.3. The van der Waals surface area contributed by atoms with E-state index >= 15 is 0 Å². The first-order valence-corrected chi connectivity index (χ1v) is 7.20. The summed E-state index contributed by atoms with van der Waals surface area (Å²) in [6, 6.07) is 0. The van der Waals surface area contributed by atoms with E-state index in [0.717, 1.165) is 12.8 Å². The molecule has 2 fully saturated rings. The molecule has 2 heteroatoms. The van der Waals surface area contributed by atoms with Crippen molar-refractivity contribution in [3.63, 3.8) is 0 Å². The Morgan fingerprint density at radius 2 is 2.11 bits per heavy atom. The minimum absolute atomic E-state index is 0.0150. The van der Waals surface area contributed by atoms with Crippen LogP contribution in [0.2, 0.25) is 0 Å². The van der Waals surface area contributed by atoms with Crippen LogP contribution in [0.3, 0.4) is 0 Å². The molecule has 4 bridgehead atoms. The number of methoxy groups -OCH3 is 1. The van der Waals surface area contributed by atoms with Gasteiger partial charge in [-0.25, -0.2) is 0 Å². The van der Waals surface area contributed by atoms with Crippen molar-refractivity contribution in [3.05, 3.63) is 11.6 Å². The standard InChI is InChI=1S/C16H24O2/c1-10-6-7-11-13-12(10)15(11,2)8-5-9-16(13,3)14(17)18-4/h6,11-13H,5,7-9H2,1-4H3/t11-,12+,13-,15+,16-/m1/s1. The molecule has 18 heavy (non-hydrogen) atoms. The number of fused-ring (bicyclic) bond motifs is 1. The maximum absolute atomic E-state index is 12.3. The molecule has 0 saturated heterocycles. The summed E-state index contributed by atoms with van der Waals surface area (Å²) in [7, 11) is 1.54. The fraction of sp³-hybridized carbons (Fsp3) is 0.812. The molecule has 0 amide bonds. The molecule has 0 radical (unpaired) electrons. The first-order chi connectivity index (χ1) is 8.45. The predicted molar refractivity (Wildman–Crippen MR) is 70.9 cm³/mol. The molecule has 0 heterocycles. The van der Waals surface area contributed by atoms with Crippen molar-refractivity contribution in [2.75, 3.05) is 7.11 Å². The summed E-state index contributed by atoms with van der Waals surface area (Å²) in [6.45, 7) is 6.85. The molecule has 3 aliphatic rings. The van der Waals surface area contributed by atoms with Crippen LogP contribution in [-0.2, 0) is 9.53 Å². The van der Waals surface area contributed by atoms with Gasteiger partial charge in [0.1, 0.15) is 0 Å². The zero-order chi connectivity index (χ0) is 13.1. The second kappa shape index (κ2) is 3.61. The minimum Gasteiger partial charge on any atom is -0.469 e. The Hall–Kier alpha value is -0.790. The van der Waals surface area contributed by atoms with Crippen molar-refractivity contribution in [3.8, 4) is 0 Å². The van der Waals surface area contributed by atoms with E-state index in [2.05, 4.69) is 26.8 Å². The number of esters is 1. The van der Waals surface area contributed by atoms with E-state index in [4.69, 9.17) is 4.74 Å². The number of allylic oxidation sites excluding steroid dienone is 2. The second-order valence-corrected chi connectivity index (χ2v) is 7.06. The van der Waals surface area contributed by atoms with Gasteiger partial charge in [0.05, 0.1) is 12.5 Å². The quantitative estimate of drug-likeness (QED) is 0.524. The van der Waals surface area contributed by atoms with Gasteiger partial charge in [0.2, 0.25) is 0 Å². The van der Waals surface area contributed by atoms with Crippen molar-refractivity contribution < 1.29 is 9.53 Å². The van der Waals surface area contributed by atoms with Crippen molar-refractivity contribution >= 4 is 5.97 Å². The Labute approximate surface area is 110 Å². The number of hydrogen-bond acceptors (Lipinski definition) is 2. The largest absolute Gasteiger partial charge is 0.469 e. The van der Waals surface area contributed by atoms with Crippen LogP contribution < -0.4 is 0 Å². The summed E-state index contributed by atoms with van der Waals surface area (Å²) in [5.41, 5.74) is 1.72. The Kier molecular flexibility index (Phi) is 2.46. The number of carbonyl (C=O) groups excluding carboxylic acids is 1. The van der Waals surface area contributed by atoms with Crippen LogP contribution in [0.15, 0.2) is 11.6 Å². The molecule has 3 rings (SSSR count). The molecule has 100 valence electrons. The summed E-state index contributed by atoms with van der Waals surface area (Å²) in [4.78, 5) is 12.3. The van der Waals surface area contributed by atoms with Crippen molar-refractivity contribution in [2.24, 2.45) is 28.6 Å². The van der Waals surface area contributed by atoms with E-state index in [1.165, 1.54) is 25.5 Å². The van der Waals surface area contributed by atoms with Crippen LogP contribution in [0.1, 0.15) is 46.5 Å². The molecule has 0 unspecified atom stereocenters. The summed E-state index contributed by atoms with van der Waals surface area (Å²) in [5.74, 6) is 1.84. The van der Waals surface area contributed by atoms with Gasteiger partial charge in [-0.3, -0.25) is 4.79 Å². The van der Waals surface area contributed by atoms with Crippen molar-refractivity contribution in [1.29, 1.82) is 0 Å². The third kappa shape index (κ3) is 1.22. The number of hydrogen-bond donors (Lipinski definition) is 0. The lowest BCUT2D eigenvalue weighted by Crippen LogP contribution is -2.62. The number of rotatable bonds is 1. The Morgan fingerprint density at radius 3 is 2.72 bits per heavy atom. The highest BCUT2D eigenvalue weighted by Crippen LogP contribution is 2.72. The van der Waals surface area contributed by atoms with E-state index in [9.17, 15) is 4.79 Å². The molecule has 2 nitrogen and oxygen atoms in total. The van der Waals surface area contributed by atoms with Crippen molar-refractivity contribution in [1.82, 2.24) is 0 Å². The topological polar surface area (TPSA) is 26.3 Å². The van der Waals surface area contributed by atoms with Gasteiger partial charge in [0.15, 0.2) is 0 Å². The Morgan fingerprint density at radius 1 is 1.39 bits per heavy atom. The molecule has 0 aliphatic heterocycles. The highest BCUT2D eigenvalue weighted by Gasteiger charge is 2.68. The first kappa shape index (κ1) is 12.3. The fourth-order valence-electron chi connectivity index (χ4n) is 5.45.